The topological polar surface area (TPSA) is 89.2 Å². The predicted molar refractivity (Wildman–Crippen MR) is 117 cm³/mol. The summed E-state index contributed by atoms with van der Waals surface area (Å²) in [6.45, 7) is 2.47. The zero-order valence-electron chi connectivity index (χ0n) is 17.8. The highest BCUT2D eigenvalue weighted by molar-refractivity contribution is 6.46. The third-order valence-corrected chi connectivity index (χ3v) is 5.29. The Balaban J connectivity index is 1.83. The molecule has 1 amide bonds. The largest absolute Gasteiger partial charge is 0.507 e. The van der Waals surface area contributed by atoms with Crippen molar-refractivity contribution < 1.29 is 28.6 Å². The first-order valence-corrected chi connectivity index (χ1v) is 10.2. The second kappa shape index (κ2) is 9.01. The predicted octanol–water partition coefficient (Wildman–Crippen LogP) is 4.31. The average Bonchev–Trinajstić information content (AvgIpc) is 3.42. The van der Waals surface area contributed by atoms with Gasteiger partial charge in [-0.1, -0.05) is 12.1 Å². The van der Waals surface area contributed by atoms with Gasteiger partial charge in [-0.25, -0.2) is 0 Å². The van der Waals surface area contributed by atoms with Crippen LogP contribution in [0.25, 0.3) is 5.76 Å². The highest BCUT2D eigenvalue weighted by Gasteiger charge is 2.46. The standard InChI is InChI=1S/C25H23NO6/c1-3-31-18-11-9-16(10-12-18)23(27)21-22(17-6-4-7-19(14-17)30-2)26(25(29)24(21)28)15-20-8-5-13-32-20/h4-14,22,27H,3,15H2,1-2H3/b23-21-. The molecule has 0 bridgehead atoms. The van der Waals surface area contributed by atoms with Gasteiger partial charge in [0.05, 0.1) is 38.1 Å². The molecule has 1 aliphatic rings. The molecule has 7 nitrogen and oxygen atoms in total. The monoisotopic (exact) mass is 433 g/mol. The Morgan fingerprint density at radius 1 is 1.06 bits per heavy atom. The van der Waals surface area contributed by atoms with Gasteiger partial charge < -0.3 is 23.9 Å². The van der Waals surface area contributed by atoms with Gasteiger partial charge in [0.25, 0.3) is 11.7 Å². The number of amides is 1. The van der Waals surface area contributed by atoms with E-state index in [1.807, 2.05) is 6.92 Å². The molecule has 32 heavy (non-hydrogen) atoms. The number of aliphatic hydroxyl groups excluding tert-OH is 1. The first-order valence-electron chi connectivity index (χ1n) is 10.2. The summed E-state index contributed by atoms with van der Waals surface area (Å²) < 4.78 is 16.2. The molecule has 0 saturated carbocycles. The second-order valence-corrected chi connectivity index (χ2v) is 7.24. The van der Waals surface area contributed by atoms with E-state index >= 15 is 0 Å². The van der Waals surface area contributed by atoms with Crippen LogP contribution in [0.3, 0.4) is 0 Å². The number of aliphatic hydroxyl groups is 1. The number of ketones is 1. The van der Waals surface area contributed by atoms with Crippen molar-refractivity contribution in [1.29, 1.82) is 0 Å². The number of benzene rings is 2. The van der Waals surface area contributed by atoms with Crippen LogP contribution in [-0.2, 0) is 16.1 Å². The molecule has 1 aliphatic heterocycles. The Labute approximate surface area is 185 Å². The number of ether oxygens (including phenoxy) is 2. The van der Waals surface area contributed by atoms with Crippen molar-refractivity contribution in [2.24, 2.45) is 0 Å². The summed E-state index contributed by atoms with van der Waals surface area (Å²) in [4.78, 5) is 27.5. The van der Waals surface area contributed by atoms with E-state index in [4.69, 9.17) is 13.9 Å². The Morgan fingerprint density at radius 3 is 2.50 bits per heavy atom. The van der Waals surface area contributed by atoms with E-state index in [9.17, 15) is 14.7 Å². The van der Waals surface area contributed by atoms with E-state index in [1.165, 1.54) is 11.2 Å². The Kier molecular flexibility index (Phi) is 5.98. The van der Waals surface area contributed by atoms with Gasteiger partial charge in [0, 0.05) is 5.56 Å². The number of hydrogen-bond donors (Lipinski definition) is 1. The van der Waals surface area contributed by atoms with E-state index in [2.05, 4.69) is 0 Å². The lowest BCUT2D eigenvalue weighted by Crippen LogP contribution is -2.29. The van der Waals surface area contributed by atoms with Crippen LogP contribution >= 0.6 is 0 Å². The van der Waals surface area contributed by atoms with E-state index < -0.39 is 17.7 Å². The molecule has 4 rings (SSSR count). The number of carbonyl (C=O) groups excluding carboxylic acids is 2. The second-order valence-electron chi connectivity index (χ2n) is 7.24. The summed E-state index contributed by atoms with van der Waals surface area (Å²) >= 11 is 0. The van der Waals surface area contributed by atoms with Crippen LogP contribution in [0, 0.1) is 0 Å². The molecule has 1 unspecified atom stereocenters. The van der Waals surface area contributed by atoms with Crippen molar-refractivity contribution in [2.45, 2.75) is 19.5 Å². The van der Waals surface area contributed by atoms with Gasteiger partial charge in [0.1, 0.15) is 23.0 Å². The molecular formula is C25H23NO6. The summed E-state index contributed by atoms with van der Waals surface area (Å²) in [5.41, 5.74) is 1.07. The summed E-state index contributed by atoms with van der Waals surface area (Å²) in [5, 5.41) is 11.1. The van der Waals surface area contributed by atoms with Gasteiger partial charge in [-0.3, -0.25) is 9.59 Å². The number of methoxy groups -OCH3 is 1. The van der Waals surface area contributed by atoms with Crippen LogP contribution in [0.15, 0.2) is 76.9 Å². The Hall–Kier alpha value is -4.00. The molecule has 0 spiro atoms. The number of nitrogens with zero attached hydrogens (tertiary/aromatic N) is 1. The van der Waals surface area contributed by atoms with E-state index in [0.717, 1.165) is 0 Å². The smallest absolute Gasteiger partial charge is 0.296 e. The van der Waals surface area contributed by atoms with Gasteiger partial charge in [0.2, 0.25) is 0 Å². The Bertz CT molecular complexity index is 1150. The normalized spacial score (nSPS) is 17.6. The molecule has 1 fully saturated rings. The van der Waals surface area contributed by atoms with Crippen LogP contribution in [0.1, 0.15) is 29.9 Å². The summed E-state index contributed by atoms with van der Waals surface area (Å²) in [6.07, 6.45) is 1.51. The highest BCUT2D eigenvalue weighted by Crippen LogP contribution is 2.41. The lowest BCUT2D eigenvalue weighted by Gasteiger charge is -2.24. The first kappa shape index (κ1) is 21.2. The maximum atomic E-state index is 13.1. The van der Waals surface area contributed by atoms with Gasteiger partial charge in [-0.2, -0.15) is 0 Å². The van der Waals surface area contributed by atoms with Crippen molar-refractivity contribution in [1.82, 2.24) is 4.90 Å². The molecule has 2 heterocycles. The number of Topliss-reactive ketones (excluding diaryl/α,β-unsaturated/α-hetero) is 1. The maximum absolute atomic E-state index is 13.1. The van der Waals surface area contributed by atoms with Crippen LogP contribution in [0.2, 0.25) is 0 Å². The molecule has 0 aliphatic carbocycles. The molecule has 164 valence electrons. The molecule has 1 aromatic heterocycles. The van der Waals surface area contributed by atoms with Crippen LogP contribution < -0.4 is 9.47 Å². The zero-order chi connectivity index (χ0) is 22.7. The number of hydrogen-bond acceptors (Lipinski definition) is 6. The molecule has 1 saturated heterocycles. The van der Waals surface area contributed by atoms with E-state index in [1.54, 1.807) is 67.8 Å². The SMILES string of the molecule is CCOc1ccc(/C(O)=C2/C(=O)C(=O)N(Cc3ccco3)C2c2cccc(OC)c2)cc1. The number of likely N-dealkylation sites (tertiary alicyclic amines) is 1. The van der Waals surface area contributed by atoms with E-state index in [0.29, 0.717) is 35.0 Å². The van der Waals surface area contributed by atoms with Crippen molar-refractivity contribution in [2.75, 3.05) is 13.7 Å². The molecule has 0 radical (unpaired) electrons. The third kappa shape index (κ3) is 3.97. The minimum atomic E-state index is -0.804. The molecular weight excluding hydrogens is 410 g/mol. The fourth-order valence-corrected chi connectivity index (χ4v) is 3.80. The lowest BCUT2D eigenvalue weighted by atomic mass is 9.95. The molecule has 3 aromatic rings. The number of furan rings is 1. The summed E-state index contributed by atoms with van der Waals surface area (Å²) in [6, 6.07) is 16.5. The minimum absolute atomic E-state index is 0.0129. The first-order chi connectivity index (χ1) is 15.5. The summed E-state index contributed by atoms with van der Waals surface area (Å²) in [7, 11) is 1.54. The molecule has 2 aromatic carbocycles. The third-order valence-electron chi connectivity index (χ3n) is 5.29. The highest BCUT2D eigenvalue weighted by atomic mass is 16.5. The lowest BCUT2D eigenvalue weighted by molar-refractivity contribution is -0.140. The average molecular weight is 433 g/mol. The fraction of sp³-hybridized carbons (Fsp3) is 0.200. The summed E-state index contributed by atoms with van der Waals surface area (Å²) in [5.74, 6) is 0.0401. The van der Waals surface area contributed by atoms with Gasteiger partial charge >= 0.3 is 0 Å². The van der Waals surface area contributed by atoms with Gasteiger partial charge in [-0.05, 0) is 61.0 Å². The molecule has 7 heteroatoms. The van der Waals surface area contributed by atoms with Crippen molar-refractivity contribution >= 4 is 17.4 Å². The van der Waals surface area contributed by atoms with Gasteiger partial charge in [-0.15, -0.1) is 0 Å². The maximum Gasteiger partial charge on any atom is 0.296 e. The number of carbonyl (C=O) groups is 2. The molecule has 1 N–H and O–H groups in total. The zero-order valence-corrected chi connectivity index (χ0v) is 17.8. The number of rotatable bonds is 7. The van der Waals surface area contributed by atoms with Crippen molar-refractivity contribution in [3.8, 4) is 11.5 Å². The van der Waals surface area contributed by atoms with Gasteiger partial charge in [0.15, 0.2) is 0 Å². The van der Waals surface area contributed by atoms with Crippen molar-refractivity contribution in [3.63, 3.8) is 0 Å². The fourth-order valence-electron chi connectivity index (χ4n) is 3.80. The van der Waals surface area contributed by atoms with Crippen LogP contribution in [0.5, 0.6) is 11.5 Å². The molecule has 1 atom stereocenters. The van der Waals surface area contributed by atoms with E-state index in [-0.39, 0.29) is 17.9 Å². The van der Waals surface area contributed by atoms with Crippen LogP contribution in [-0.4, -0.2) is 35.4 Å². The Morgan fingerprint density at radius 2 is 1.84 bits per heavy atom. The van der Waals surface area contributed by atoms with Crippen LogP contribution in [0.4, 0.5) is 0 Å². The minimum Gasteiger partial charge on any atom is -0.507 e. The quantitative estimate of drug-likeness (QED) is 0.339. The van der Waals surface area contributed by atoms with Crippen molar-refractivity contribution in [3.05, 3.63) is 89.4 Å².